The molecule has 2 aliphatic heterocycles. The van der Waals surface area contributed by atoms with Crippen molar-refractivity contribution in [1.29, 1.82) is 0 Å². The lowest BCUT2D eigenvalue weighted by molar-refractivity contribution is 0.590. The van der Waals surface area contributed by atoms with Gasteiger partial charge >= 0.3 is 0 Å². The van der Waals surface area contributed by atoms with Crippen LogP contribution in [-0.2, 0) is 21.7 Å². The van der Waals surface area contributed by atoms with Gasteiger partial charge in [-0.3, -0.25) is 0 Å². The van der Waals surface area contributed by atoms with Crippen LogP contribution in [0.4, 0.5) is 34.1 Å². The van der Waals surface area contributed by atoms with Crippen molar-refractivity contribution in [3.63, 3.8) is 0 Å². The van der Waals surface area contributed by atoms with Crippen molar-refractivity contribution in [2.45, 2.75) is 105 Å². The maximum absolute atomic E-state index is 7.44. The highest BCUT2D eigenvalue weighted by atomic mass is 32.1. The van der Waals surface area contributed by atoms with E-state index in [9.17, 15) is 0 Å². The topological polar surface area (TPSA) is 24.6 Å². The van der Waals surface area contributed by atoms with Crippen LogP contribution in [0.15, 0.2) is 174 Å². The summed E-state index contributed by atoms with van der Waals surface area (Å²) in [6.45, 7) is 27.8. The molecule has 0 N–H and O–H groups in total. The number of para-hydroxylation sites is 2. The van der Waals surface area contributed by atoms with Gasteiger partial charge in [-0.1, -0.05) is 173 Å². The summed E-state index contributed by atoms with van der Waals surface area (Å²) < 4.78 is 12.6. The first kappa shape index (κ1) is 47.4. The van der Waals surface area contributed by atoms with Crippen molar-refractivity contribution in [1.82, 2.24) is 4.57 Å². The number of aryl methyl sites for hydroxylation is 1. The van der Waals surface area contributed by atoms with Gasteiger partial charge in [-0.25, -0.2) is 0 Å². The van der Waals surface area contributed by atoms with Crippen molar-refractivity contribution in [3.05, 3.63) is 203 Å². The SMILES string of the molecule is Cc1cc2c3c(c1)N(c1ccc(C(C)(C)C)cc1)c1c(cc(-n4c5ccccc5c5c6c(ccc54)C(C)(C)c4ccccc4-6)c4oc5ccccc5c14)B3c1sc3ccc(C(C)(C)C)cc3c1N2c1ccc(C(C)(C)C)cc1. The number of rotatable bonds is 3. The van der Waals surface area contributed by atoms with E-state index in [0.29, 0.717) is 0 Å². The molecule has 0 fully saturated rings. The number of aromatic nitrogens is 1. The van der Waals surface area contributed by atoms with E-state index < -0.39 is 0 Å². The van der Waals surface area contributed by atoms with E-state index in [1.165, 1.54) is 115 Å². The minimum absolute atomic E-state index is 0.0113. The second kappa shape index (κ2) is 15.9. The molecule has 6 heteroatoms. The molecule has 3 aliphatic rings. The molecule has 0 radical (unpaired) electrons. The Kier molecular flexibility index (Phi) is 9.68. The molecular formula is C72H64BN3OS. The van der Waals surface area contributed by atoms with Gasteiger partial charge in [-0.2, -0.15) is 0 Å². The molecule has 1 aliphatic carbocycles. The Hall–Kier alpha value is -7.80. The highest BCUT2D eigenvalue weighted by Crippen LogP contribution is 2.56. The van der Waals surface area contributed by atoms with Crippen molar-refractivity contribution in [3.8, 4) is 16.8 Å². The van der Waals surface area contributed by atoms with Gasteiger partial charge in [0.05, 0.1) is 33.5 Å². The van der Waals surface area contributed by atoms with Crippen LogP contribution in [0.1, 0.15) is 110 Å². The highest BCUT2D eigenvalue weighted by molar-refractivity contribution is 7.33. The van der Waals surface area contributed by atoms with Gasteiger partial charge in [-0.15, -0.1) is 11.3 Å². The average molecular weight is 1030 g/mol. The highest BCUT2D eigenvalue weighted by Gasteiger charge is 2.47. The molecule has 78 heavy (non-hydrogen) atoms. The average Bonchev–Trinajstić information content (AvgIpc) is 3.16. The summed E-state index contributed by atoms with van der Waals surface area (Å²) >= 11 is 1.97. The molecule has 15 rings (SSSR count). The standard InChI is InChI=1S/C72H64BN3OS/c1-41-37-56-64-57(38-41)75(46-32-27-43(28-33-46)70(5,6)7)66-53(73(64)68-65(50-39-44(71(8,9)10)29-36-60(50)78-68)74(56)45-30-25-42(26-31-45)69(2,3)4)40-58(67-63(66)49-21-15-18-24-59(49)77-67)76-54-23-17-14-20-48(54)62-55(76)35-34-52-61(62)47-19-13-16-22-51(47)72(52,11)12/h13-40H,1-12H3. The third-order valence-corrected chi connectivity index (χ3v) is 19.1. The summed E-state index contributed by atoms with van der Waals surface area (Å²) in [5.74, 6) is 0. The summed E-state index contributed by atoms with van der Waals surface area (Å²) in [5.41, 5.74) is 25.3. The van der Waals surface area contributed by atoms with Gasteiger partial charge < -0.3 is 18.8 Å². The van der Waals surface area contributed by atoms with Crippen LogP contribution in [-0.4, -0.2) is 11.3 Å². The molecular weight excluding hydrogens is 966 g/mol. The molecule has 0 bridgehead atoms. The number of hydrogen-bond acceptors (Lipinski definition) is 4. The van der Waals surface area contributed by atoms with Crippen LogP contribution >= 0.6 is 11.3 Å². The van der Waals surface area contributed by atoms with Crippen molar-refractivity contribution >= 4 is 122 Å². The van der Waals surface area contributed by atoms with Crippen molar-refractivity contribution < 1.29 is 4.42 Å². The number of nitrogens with zero attached hydrogens (tertiary/aromatic N) is 3. The lowest BCUT2D eigenvalue weighted by atomic mass is 9.36. The van der Waals surface area contributed by atoms with Crippen molar-refractivity contribution in [2.75, 3.05) is 9.80 Å². The second-order valence-corrected chi connectivity index (χ2v) is 27.3. The van der Waals surface area contributed by atoms with E-state index in [1.54, 1.807) is 0 Å². The molecule has 0 atom stereocenters. The normalized spacial score (nSPS) is 14.7. The van der Waals surface area contributed by atoms with E-state index in [0.717, 1.165) is 38.8 Å². The molecule has 0 saturated carbocycles. The fourth-order valence-corrected chi connectivity index (χ4v) is 15.2. The Morgan fingerprint density at radius 1 is 0.500 bits per heavy atom. The van der Waals surface area contributed by atoms with E-state index >= 15 is 0 Å². The fraction of sp³-hybridized carbons (Fsp3) is 0.222. The maximum atomic E-state index is 7.44. The van der Waals surface area contributed by atoms with Gasteiger partial charge in [0, 0.05) is 59.2 Å². The lowest BCUT2D eigenvalue weighted by Crippen LogP contribution is -2.60. The minimum atomic E-state index is -0.141. The van der Waals surface area contributed by atoms with Gasteiger partial charge in [-0.05, 0) is 151 Å². The van der Waals surface area contributed by atoms with E-state index in [2.05, 4.69) is 267 Å². The summed E-state index contributed by atoms with van der Waals surface area (Å²) in [6, 6.07) is 65.3. The number of thiophene rings is 1. The Morgan fingerprint density at radius 2 is 1.09 bits per heavy atom. The zero-order valence-corrected chi connectivity index (χ0v) is 47.7. The first-order chi connectivity index (χ1) is 37.3. The number of hydrogen-bond donors (Lipinski definition) is 0. The molecule has 12 aromatic rings. The summed E-state index contributed by atoms with van der Waals surface area (Å²) in [4.78, 5) is 5.23. The van der Waals surface area contributed by atoms with E-state index in [-0.39, 0.29) is 28.4 Å². The Labute approximate surface area is 462 Å². The van der Waals surface area contributed by atoms with Gasteiger partial charge in [0.2, 0.25) is 0 Å². The molecule has 5 heterocycles. The Bertz CT molecular complexity index is 4540. The van der Waals surface area contributed by atoms with Crippen molar-refractivity contribution in [2.24, 2.45) is 0 Å². The molecule has 4 nitrogen and oxygen atoms in total. The Balaban J connectivity index is 1.11. The predicted molar refractivity (Wildman–Crippen MR) is 336 cm³/mol. The fourth-order valence-electron chi connectivity index (χ4n) is 13.9. The monoisotopic (exact) mass is 1030 g/mol. The van der Waals surface area contributed by atoms with Gasteiger partial charge in [0.15, 0.2) is 5.58 Å². The largest absolute Gasteiger partial charge is 0.454 e. The molecule has 9 aromatic carbocycles. The minimum Gasteiger partial charge on any atom is -0.454 e. The molecule has 0 amide bonds. The van der Waals surface area contributed by atoms with Crippen LogP contribution in [0, 0.1) is 6.92 Å². The van der Waals surface area contributed by atoms with Crippen LogP contribution in [0.2, 0.25) is 0 Å². The predicted octanol–water partition coefficient (Wildman–Crippen LogP) is 18.5. The summed E-state index contributed by atoms with van der Waals surface area (Å²) in [6.07, 6.45) is 0. The number of benzene rings is 9. The first-order valence-corrected chi connectivity index (χ1v) is 28.8. The smallest absolute Gasteiger partial charge is 0.264 e. The number of furan rings is 1. The van der Waals surface area contributed by atoms with E-state index in [4.69, 9.17) is 4.42 Å². The van der Waals surface area contributed by atoms with E-state index in [1.807, 2.05) is 11.3 Å². The van der Waals surface area contributed by atoms with Crippen LogP contribution < -0.4 is 25.5 Å². The molecule has 3 aromatic heterocycles. The summed E-state index contributed by atoms with van der Waals surface area (Å²) in [7, 11) is 0. The van der Waals surface area contributed by atoms with Crippen LogP contribution in [0.3, 0.4) is 0 Å². The molecule has 0 unspecified atom stereocenters. The van der Waals surface area contributed by atoms with Crippen LogP contribution in [0.25, 0.3) is 70.6 Å². The number of anilines is 6. The van der Waals surface area contributed by atoms with Crippen LogP contribution in [0.5, 0.6) is 0 Å². The van der Waals surface area contributed by atoms with Gasteiger partial charge in [0.25, 0.3) is 6.71 Å². The third-order valence-electron chi connectivity index (χ3n) is 17.9. The second-order valence-electron chi connectivity index (χ2n) is 26.2. The first-order valence-electron chi connectivity index (χ1n) is 28.0. The third kappa shape index (κ3) is 6.53. The zero-order chi connectivity index (χ0) is 53.7. The Morgan fingerprint density at radius 3 is 1.76 bits per heavy atom. The number of fused-ring (bicyclic) bond motifs is 17. The van der Waals surface area contributed by atoms with Gasteiger partial charge in [0.1, 0.15) is 5.58 Å². The maximum Gasteiger partial charge on any atom is 0.264 e. The molecule has 0 saturated heterocycles. The molecule has 382 valence electrons. The zero-order valence-electron chi connectivity index (χ0n) is 46.9. The summed E-state index contributed by atoms with van der Waals surface area (Å²) in [5, 5.41) is 6.07. The molecule has 0 spiro atoms. The lowest BCUT2D eigenvalue weighted by Gasteiger charge is -2.44. The quantitative estimate of drug-likeness (QED) is 0.165.